The fraction of sp³-hybridized carbons (Fsp3) is 0.326. The van der Waals surface area contributed by atoms with Gasteiger partial charge in [-0.2, -0.15) is 0 Å². The van der Waals surface area contributed by atoms with Crippen LogP contribution in [0.5, 0.6) is 5.75 Å². The van der Waals surface area contributed by atoms with E-state index in [2.05, 4.69) is 78.8 Å². The monoisotopic (exact) mass is 619 g/mol. The molecule has 4 aromatic carbocycles. The average molecular weight is 620 g/mol. The van der Waals surface area contributed by atoms with Crippen LogP contribution in [0.4, 0.5) is 5.69 Å². The number of hydrogen-bond acceptors (Lipinski definition) is 3. The van der Waals surface area contributed by atoms with Gasteiger partial charge in [-0.05, 0) is 96.5 Å². The molecule has 1 atom stereocenters. The van der Waals surface area contributed by atoms with E-state index in [1.165, 1.54) is 28.7 Å². The average Bonchev–Trinajstić information content (AvgIpc) is 3.37. The van der Waals surface area contributed by atoms with Crippen LogP contribution in [0.2, 0.25) is 0 Å². The Hall–Kier alpha value is -4.79. The normalized spacial score (nSPS) is 15.1. The lowest BCUT2D eigenvalue weighted by Gasteiger charge is -2.40. The van der Waals surface area contributed by atoms with Crippen molar-refractivity contribution in [1.29, 1.82) is 0 Å². The Morgan fingerprint density at radius 2 is 1.26 bits per heavy atom. The van der Waals surface area contributed by atoms with E-state index in [0.29, 0.717) is 5.69 Å². The molecule has 0 N–H and O–H groups in total. The van der Waals surface area contributed by atoms with Gasteiger partial charge in [0.05, 0.1) is 33.0 Å². The zero-order valence-electron chi connectivity index (χ0n) is 27.4. The lowest BCUT2D eigenvalue weighted by Crippen LogP contribution is -2.45. The van der Waals surface area contributed by atoms with E-state index in [-0.39, 0.29) is 11.3 Å². The van der Waals surface area contributed by atoms with E-state index in [1.54, 1.807) is 12.1 Å². The van der Waals surface area contributed by atoms with Crippen molar-refractivity contribution >= 4 is 5.69 Å². The van der Waals surface area contributed by atoms with E-state index in [0.717, 1.165) is 86.7 Å². The first-order chi connectivity index (χ1) is 23.1. The van der Waals surface area contributed by atoms with Crippen LogP contribution in [0.3, 0.4) is 0 Å². The lowest BCUT2D eigenvalue weighted by atomic mass is 9.84. The van der Waals surface area contributed by atoms with Gasteiger partial charge in [-0.3, -0.25) is 0 Å². The van der Waals surface area contributed by atoms with E-state index in [4.69, 9.17) is 20.8 Å². The number of ether oxygens (including phenoxy) is 3. The van der Waals surface area contributed by atoms with Gasteiger partial charge >= 0.3 is 0 Å². The van der Waals surface area contributed by atoms with Crippen molar-refractivity contribution in [1.82, 2.24) is 0 Å². The summed E-state index contributed by atoms with van der Waals surface area (Å²) in [5, 5.41) is 0. The highest BCUT2D eigenvalue weighted by atomic mass is 16.5. The van der Waals surface area contributed by atoms with Crippen LogP contribution >= 0.6 is 0 Å². The molecule has 1 saturated heterocycles. The number of rotatable bonds is 11. The molecule has 4 aromatic rings. The van der Waals surface area contributed by atoms with E-state index < -0.39 is 0 Å². The molecule has 4 nitrogen and oxygen atoms in total. The molecule has 1 fully saturated rings. The molecule has 0 bridgehead atoms. The number of hydrogen-bond donors (Lipinski definition) is 0. The zero-order chi connectivity index (χ0) is 32.5. The molecular weight excluding hydrogens is 578 g/mol. The van der Waals surface area contributed by atoms with Crippen molar-refractivity contribution in [3.05, 3.63) is 130 Å². The second-order valence-corrected chi connectivity index (χ2v) is 12.7. The van der Waals surface area contributed by atoms with Gasteiger partial charge in [0.1, 0.15) is 5.75 Å². The minimum Gasteiger partial charge on any atom is -0.494 e. The van der Waals surface area contributed by atoms with Crippen LogP contribution in [0, 0.1) is 35.7 Å². The minimum atomic E-state index is 0.270. The van der Waals surface area contributed by atoms with Gasteiger partial charge in [0.2, 0.25) is 0 Å². The van der Waals surface area contributed by atoms with Gasteiger partial charge in [-0.25, -0.2) is 4.85 Å². The van der Waals surface area contributed by atoms with Crippen molar-refractivity contribution < 1.29 is 14.2 Å². The summed E-state index contributed by atoms with van der Waals surface area (Å²) in [5.41, 5.74) is 9.92. The third-order valence-corrected chi connectivity index (χ3v) is 9.31. The summed E-state index contributed by atoms with van der Waals surface area (Å²) < 4.78 is 17.2. The maximum absolute atomic E-state index is 7.11. The Morgan fingerprint density at radius 3 is 1.79 bits per heavy atom. The van der Waals surface area contributed by atoms with E-state index in [9.17, 15) is 0 Å². The van der Waals surface area contributed by atoms with Crippen molar-refractivity contribution in [2.75, 3.05) is 33.0 Å². The topological polar surface area (TPSA) is 32.0 Å². The van der Waals surface area contributed by atoms with Crippen LogP contribution in [0.1, 0.15) is 85.3 Å². The molecule has 0 aromatic heterocycles. The van der Waals surface area contributed by atoms with Gasteiger partial charge in [-0.1, -0.05) is 80.3 Å². The molecule has 0 saturated carbocycles. The fourth-order valence-corrected chi connectivity index (χ4v) is 6.12. The Balaban J connectivity index is 0.966. The second-order valence-electron chi connectivity index (χ2n) is 12.7. The molecular formula is C43H41NO3. The highest BCUT2D eigenvalue weighted by Crippen LogP contribution is 2.45. The molecule has 1 heterocycles. The van der Waals surface area contributed by atoms with Gasteiger partial charge in [0, 0.05) is 40.2 Å². The first-order valence-corrected chi connectivity index (χ1v) is 16.7. The van der Waals surface area contributed by atoms with Gasteiger partial charge in [0.15, 0.2) is 5.69 Å². The third-order valence-electron chi connectivity index (χ3n) is 9.31. The summed E-state index contributed by atoms with van der Waals surface area (Å²) in [4.78, 5) is 3.45. The Labute approximate surface area is 279 Å². The van der Waals surface area contributed by atoms with Crippen molar-refractivity contribution in [2.45, 2.75) is 51.9 Å². The predicted molar refractivity (Wildman–Crippen MR) is 189 cm³/mol. The lowest BCUT2D eigenvalue weighted by molar-refractivity contribution is -0.150. The van der Waals surface area contributed by atoms with Crippen molar-refractivity contribution in [2.24, 2.45) is 5.41 Å². The molecule has 1 aliphatic heterocycles. The molecule has 4 heteroatoms. The summed E-state index contributed by atoms with van der Waals surface area (Å²) in [6, 6.07) is 28.5. The summed E-state index contributed by atoms with van der Waals surface area (Å²) in [7, 11) is 0. The Bertz CT molecular complexity index is 1850. The molecule has 236 valence electrons. The van der Waals surface area contributed by atoms with Crippen LogP contribution in [-0.4, -0.2) is 33.0 Å². The molecule has 0 radical (unpaired) electrons. The highest BCUT2D eigenvalue weighted by molar-refractivity contribution is 5.80. The van der Waals surface area contributed by atoms with Crippen LogP contribution in [0.25, 0.3) is 16.0 Å². The van der Waals surface area contributed by atoms with Crippen LogP contribution in [0.15, 0.2) is 84.9 Å². The van der Waals surface area contributed by atoms with E-state index >= 15 is 0 Å². The largest absolute Gasteiger partial charge is 0.494 e. The standard InChI is InChI=1S/C43H41NO3/c1-4-43(30-46-31-43)29-45-25-7-5-6-8-26-47-38-21-15-34(16-22-38)10-12-36-18-24-40-39-23-17-35(27-41(39)32(2)42(40)28-36)11-9-33-13-19-37(44-3)20-14-33/h13-24,27-28,32H,4-8,25-26,29-31H2,1-2H3. The maximum atomic E-state index is 7.11. The fourth-order valence-electron chi connectivity index (χ4n) is 6.12. The molecule has 47 heavy (non-hydrogen) atoms. The molecule has 1 unspecified atom stereocenters. The smallest absolute Gasteiger partial charge is 0.187 e. The molecule has 2 aliphatic rings. The summed E-state index contributed by atoms with van der Waals surface area (Å²) >= 11 is 0. The maximum Gasteiger partial charge on any atom is 0.187 e. The first-order valence-electron chi connectivity index (χ1n) is 16.7. The van der Waals surface area contributed by atoms with Crippen LogP contribution in [-0.2, 0) is 9.47 Å². The van der Waals surface area contributed by atoms with Crippen molar-refractivity contribution in [3.8, 4) is 40.6 Å². The molecule has 6 rings (SSSR count). The Morgan fingerprint density at radius 1 is 0.723 bits per heavy atom. The summed E-state index contributed by atoms with van der Waals surface area (Å²) in [5.74, 6) is 14.4. The number of unbranched alkanes of at least 4 members (excludes halogenated alkanes) is 3. The second kappa shape index (κ2) is 15.2. The Kier molecular flexibility index (Phi) is 10.4. The van der Waals surface area contributed by atoms with Crippen LogP contribution < -0.4 is 4.74 Å². The number of fused-ring (bicyclic) bond motifs is 3. The highest BCUT2D eigenvalue weighted by Gasteiger charge is 2.36. The van der Waals surface area contributed by atoms with Gasteiger partial charge < -0.3 is 14.2 Å². The summed E-state index contributed by atoms with van der Waals surface area (Å²) in [6.07, 6.45) is 5.59. The number of nitrogens with zero attached hydrogens (tertiary/aromatic N) is 1. The van der Waals surface area contributed by atoms with E-state index in [1.807, 2.05) is 36.4 Å². The zero-order valence-corrected chi connectivity index (χ0v) is 27.4. The van der Waals surface area contributed by atoms with Gasteiger partial charge in [0.25, 0.3) is 0 Å². The summed E-state index contributed by atoms with van der Waals surface area (Å²) in [6.45, 7) is 15.7. The SMILES string of the molecule is [C-]#[N+]c1ccc(C#Cc2ccc3c(c2)C(C)c2cc(C#Cc4ccc(OCCCCCCOCC5(CC)COC5)cc4)ccc2-3)cc1. The molecule has 1 aliphatic carbocycles. The predicted octanol–water partition coefficient (Wildman–Crippen LogP) is 9.55. The number of benzene rings is 4. The minimum absolute atomic E-state index is 0.270. The molecule has 0 spiro atoms. The molecule has 0 amide bonds. The third kappa shape index (κ3) is 7.96. The first kappa shape index (κ1) is 32.2. The van der Waals surface area contributed by atoms with Crippen molar-refractivity contribution in [3.63, 3.8) is 0 Å². The van der Waals surface area contributed by atoms with Gasteiger partial charge in [-0.15, -0.1) is 0 Å². The quantitative estimate of drug-likeness (QED) is 0.0952.